The Balaban J connectivity index is 1.33. The molecule has 0 fully saturated rings. The third-order valence-corrected chi connectivity index (χ3v) is 6.50. The Morgan fingerprint density at radius 2 is 1.97 bits per heavy atom. The number of hydrogen-bond acceptors (Lipinski definition) is 4. The SMILES string of the molecule is CC(=Nc1ccc(CN2CC=C3CC=CC=C3CC2)cc1)c1c(O)[nH]c2ccc(C(=O)O)cc12. The minimum atomic E-state index is -1.01. The molecule has 0 unspecified atom stereocenters. The van der Waals surface area contributed by atoms with Crippen LogP contribution in [0.1, 0.15) is 41.3 Å². The fourth-order valence-corrected chi connectivity index (χ4v) is 4.69. The smallest absolute Gasteiger partial charge is 0.335 e. The van der Waals surface area contributed by atoms with Crippen LogP contribution in [0.15, 0.2) is 82.9 Å². The molecular weight excluding hydrogens is 426 g/mol. The minimum Gasteiger partial charge on any atom is -0.494 e. The number of allylic oxidation sites excluding steroid dienone is 4. The Bertz CT molecular complexity index is 1370. The molecule has 2 aliphatic rings. The number of carbonyl (C=O) groups is 1. The maximum atomic E-state index is 11.4. The van der Waals surface area contributed by atoms with Crippen molar-refractivity contribution in [3.8, 4) is 5.88 Å². The van der Waals surface area contributed by atoms with Gasteiger partial charge < -0.3 is 15.2 Å². The van der Waals surface area contributed by atoms with Crippen LogP contribution in [0, 0.1) is 0 Å². The van der Waals surface area contributed by atoms with Crippen molar-refractivity contribution in [1.29, 1.82) is 0 Å². The molecule has 2 aromatic carbocycles. The van der Waals surface area contributed by atoms with Crippen molar-refractivity contribution in [2.24, 2.45) is 4.99 Å². The molecular formula is C28H27N3O3. The maximum absolute atomic E-state index is 11.4. The molecule has 2 heterocycles. The van der Waals surface area contributed by atoms with Gasteiger partial charge in [-0.2, -0.15) is 0 Å². The van der Waals surface area contributed by atoms with Crippen LogP contribution in [0.4, 0.5) is 5.69 Å². The molecule has 1 aliphatic heterocycles. The zero-order chi connectivity index (χ0) is 23.7. The third-order valence-electron chi connectivity index (χ3n) is 6.50. The molecule has 172 valence electrons. The predicted octanol–water partition coefficient (Wildman–Crippen LogP) is 5.73. The first-order valence-electron chi connectivity index (χ1n) is 11.5. The standard InChI is InChI=1S/C28H27N3O3/c1-18(26-24-16-22(28(33)34)8-11-25(24)30-27(26)32)29-23-9-6-19(7-10-23)17-31-14-12-20-4-2-3-5-21(20)13-15-31/h2-4,6-11,13,16,30,32H,5,12,14-15,17H2,1H3,(H,33,34). The lowest BCUT2D eigenvalue weighted by atomic mass is 9.96. The van der Waals surface area contributed by atoms with Gasteiger partial charge >= 0.3 is 5.97 Å². The molecule has 1 aliphatic carbocycles. The summed E-state index contributed by atoms with van der Waals surface area (Å²) in [5.74, 6) is -1.02. The second-order valence-electron chi connectivity index (χ2n) is 8.82. The first-order valence-corrected chi connectivity index (χ1v) is 11.5. The Morgan fingerprint density at radius 1 is 1.15 bits per heavy atom. The largest absolute Gasteiger partial charge is 0.494 e. The highest BCUT2D eigenvalue weighted by molar-refractivity contribution is 6.13. The van der Waals surface area contributed by atoms with Crippen molar-refractivity contribution in [2.45, 2.75) is 26.3 Å². The normalized spacial score (nSPS) is 16.7. The summed E-state index contributed by atoms with van der Waals surface area (Å²) < 4.78 is 0. The van der Waals surface area contributed by atoms with Gasteiger partial charge in [-0.25, -0.2) is 4.79 Å². The molecule has 0 radical (unpaired) electrons. The molecule has 0 amide bonds. The van der Waals surface area contributed by atoms with Crippen LogP contribution in [-0.2, 0) is 6.54 Å². The quantitative estimate of drug-likeness (QED) is 0.431. The fraction of sp³-hybridized carbons (Fsp3) is 0.214. The van der Waals surface area contributed by atoms with Crippen LogP contribution in [0.3, 0.4) is 0 Å². The molecule has 6 heteroatoms. The van der Waals surface area contributed by atoms with Gasteiger partial charge in [0.25, 0.3) is 0 Å². The van der Waals surface area contributed by atoms with Gasteiger partial charge in [0.15, 0.2) is 5.88 Å². The maximum Gasteiger partial charge on any atom is 0.335 e. The van der Waals surface area contributed by atoms with E-state index in [1.165, 1.54) is 22.8 Å². The number of nitrogens with zero attached hydrogens (tertiary/aromatic N) is 2. The lowest BCUT2D eigenvalue weighted by Gasteiger charge is -2.19. The first kappa shape index (κ1) is 21.9. The Hall–Kier alpha value is -3.90. The molecule has 0 spiro atoms. The molecule has 5 rings (SSSR count). The van der Waals surface area contributed by atoms with E-state index in [-0.39, 0.29) is 11.4 Å². The van der Waals surface area contributed by atoms with E-state index in [2.05, 4.69) is 46.3 Å². The van der Waals surface area contributed by atoms with Crippen LogP contribution >= 0.6 is 0 Å². The number of hydrogen-bond donors (Lipinski definition) is 3. The number of benzene rings is 2. The van der Waals surface area contributed by atoms with E-state index in [0.29, 0.717) is 22.2 Å². The highest BCUT2D eigenvalue weighted by Crippen LogP contribution is 2.30. The Labute approximate surface area is 198 Å². The lowest BCUT2D eigenvalue weighted by molar-refractivity contribution is 0.0697. The second-order valence-corrected chi connectivity index (χ2v) is 8.82. The van der Waals surface area contributed by atoms with Gasteiger partial charge in [-0.15, -0.1) is 0 Å². The number of aromatic nitrogens is 1. The van der Waals surface area contributed by atoms with E-state index in [9.17, 15) is 15.0 Å². The van der Waals surface area contributed by atoms with E-state index in [0.717, 1.165) is 38.2 Å². The summed E-state index contributed by atoms with van der Waals surface area (Å²) in [6.07, 6.45) is 11.1. The predicted molar refractivity (Wildman–Crippen MR) is 135 cm³/mol. The van der Waals surface area contributed by atoms with Crippen molar-refractivity contribution in [3.05, 3.63) is 94.6 Å². The monoisotopic (exact) mass is 453 g/mol. The second kappa shape index (κ2) is 9.15. The fourth-order valence-electron chi connectivity index (χ4n) is 4.69. The number of nitrogens with one attached hydrogen (secondary N) is 1. The first-order chi connectivity index (χ1) is 16.5. The van der Waals surface area contributed by atoms with Gasteiger partial charge in [-0.3, -0.25) is 9.89 Å². The molecule has 0 saturated carbocycles. The van der Waals surface area contributed by atoms with Gasteiger partial charge in [0, 0.05) is 30.5 Å². The molecule has 3 N–H and O–H groups in total. The lowest BCUT2D eigenvalue weighted by Crippen LogP contribution is -2.23. The molecule has 1 aromatic heterocycles. The molecule has 0 bridgehead atoms. The molecule has 0 atom stereocenters. The van der Waals surface area contributed by atoms with Crippen molar-refractivity contribution >= 4 is 28.3 Å². The number of aliphatic imine (C=N–C) groups is 1. The summed E-state index contributed by atoms with van der Waals surface area (Å²) in [6, 6.07) is 12.9. The summed E-state index contributed by atoms with van der Waals surface area (Å²) in [5.41, 5.74) is 6.90. The van der Waals surface area contributed by atoms with Gasteiger partial charge in [-0.1, -0.05) is 36.4 Å². The highest BCUT2D eigenvalue weighted by Gasteiger charge is 2.17. The van der Waals surface area contributed by atoms with Crippen LogP contribution < -0.4 is 0 Å². The zero-order valence-corrected chi connectivity index (χ0v) is 19.1. The Kier molecular flexibility index (Phi) is 5.90. The number of aromatic hydroxyl groups is 1. The number of rotatable bonds is 5. The molecule has 6 nitrogen and oxygen atoms in total. The van der Waals surface area contributed by atoms with Crippen LogP contribution in [0.25, 0.3) is 10.9 Å². The van der Waals surface area contributed by atoms with Gasteiger partial charge in [-0.05, 0) is 66.8 Å². The molecule has 34 heavy (non-hydrogen) atoms. The number of H-pyrrole nitrogens is 1. The number of fused-ring (bicyclic) bond motifs is 2. The van der Waals surface area contributed by atoms with Gasteiger partial charge in [0.05, 0.1) is 22.5 Å². The van der Waals surface area contributed by atoms with Crippen LogP contribution in [0.2, 0.25) is 0 Å². The number of aromatic amines is 1. The van der Waals surface area contributed by atoms with E-state index < -0.39 is 5.97 Å². The van der Waals surface area contributed by atoms with E-state index in [1.807, 2.05) is 19.1 Å². The summed E-state index contributed by atoms with van der Waals surface area (Å²) >= 11 is 0. The van der Waals surface area contributed by atoms with E-state index >= 15 is 0 Å². The van der Waals surface area contributed by atoms with Crippen LogP contribution in [0.5, 0.6) is 5.88 Å². The summed E-state index contributed by atoms with van der Waals surface area (Å²) in [7, 11) is 0. The van der Waals surface area contributed by atoms with E-state index in [1.54, 1.807) is 12.1 Å². The topological polar surface area (TPSA) is 88.9 Å². The number of carboxylic acid groups (broad SMARTS) is 1. The van der Waals surface area contributed by atoms with Crippen molar-refractivity contribution < 1.29 is 15.0 Å². The zero-order valence-electron chi connectivity index (χ0n) is 19.1. The summed E-state index contributed by atoms with van der Waals surface area (Å²) in [5, 5.41) is 20.4. The van der Waals surface area contributed by atoms with Crippen molar-refractivity contribution in [2.75, 3.05) is 13.1 Å². The van der Waals surface area contributed by atoms with Gasteiger partial charge in [0.1, 0.15) is 0 Å². The van der Waals surface area contributed by atoms with E-state index in [4.69, 9.17) is 4.99 Å². The molecule has 0 saturated heterocycles. The van der Waals surface area contributed by atoms with Crippen molar-refractivity contribution in [1.82, 2.24) is 9.88 Å². The average Bonchev–Trinajstić information content (AvgIpc) is 3.03. The number of carboxylic acids is 1. The van der Waals surface area contributed by atoms with Crippen molar-refractivity contribution in [3.63, 3.8) is 0 Å². The average molecular weight is 454 g/mol. The summed E-state index contributed by atoms with van der Waals surface area (Å²) in [4.78, 5) is 21.4. The highest BCUT2D eigenvalue weighted by atomic mass is 16.4. The number of aromatic carboxylic acids is 1. The minimum absolute atomic E-state index is 0.0171. The summed E-state index contributed by atoms with van der Waals surface area (Å²) in [6.45, 7) is 4.70. The third kappa shape index (κ3) is 4.45. The molecule has 3 aromatic rings. The van der Waals surface area contributed by atoms with Gasteiger partial charge in [0.2, 0.25) is 0 Å². The Morgan fingerprint density at radius 3 is 2.76 bits per heavy atom. The van der Waals surface area contributed by atoms with Crippen LogP contribution in [-0.4, -0.2) is 44.9 Å².